The average molecular weight is 290 g/mol. The topological polar surface area (TPSA) is 62.2 Å². The second-order valence-corrected chi connectivity index (χ2v) is 5.68. The summed E-state index contributed by atoms with van der Waals surface area (Å²) in [5, 5.41) is 13.5. The van der Waals surface area contributed by atoms with Gasteiger partial charge in [-0.05, 0) is 31.4 Å². The number of thioether (sulfide) groups is 1. The van der Waals surface area contributed by atoms with Crippen LogP contribution in [0.4, 0.5) is 5.69 Å². The number of para-hydroxylation sites is 1. The third-order valence-electron chi connectivity index (χ3n) is 3.15. The number of nitrogens with zero attached hydrogens (tertiary/aromatic N) is 1. The lowest BCUT2D eigenvalue weighted by Gasteiger charge is -2.18. The van der Waals surface area contributed by atoms with E-state index in [0.717, 1.165) is 23.1 Å². The molecule has 4 nitrogen and oxygen atoms in total. The molecule has 0 bridgehead atoms. The van der Waals surface area contributed by atoms with Crippen molar-refractivity contribution >= 4 is 34.3 Å². The van der Waals surface area contributed by atoms with Crippen molar-refractivity contribution in [1.29, 1.82) is 0 Å². The monoisotopic (exact) mass is 290 g/mol. The zero-order valence-electron chi connectivity index (χ0n) is 11.6. The van der Waals surface area contributed by atoms with Gasteiger partial charge in [-0.25, -0.2) is 4.79 Å². The Morgan fingerprint density at radius 2 is 2.20 bits per heavy atom. The van der Waals surface area contributed by atoms with Gasteiger partial charge in [0, 0.05) is 17.6 Å². The Bertz CT molecular complexity index is 616. The van der Waals surface area contributed by atoms with Crippen molar-refractivity contribution in [3.63, 3.8) is 0 Å². The van der Waals surface area contributed by atoms with E-state index in [0.29, 0.717) is 5.69 Å². The molecule has 2 N–H and O–H groups in total. The lowest BCUT2D eigenvalue weighted by Crippen LogP contribution is -2.18. The van der Waals surface area contributed by atoms with Gasteiger partial charge in [-0.1, -0.05) is 18.2 Å². The van der Waals surface area contributed by atoms with E-state index < -0.39 is 5.97 Å². The highest BCUT2D eigenvalue weighted by Crippen LogP contribution is 2.27. The second kappa shape index (κ2) is 6.61. The van der Waals surface area contributed by atoms with Crippen LogP contribution in [-0.2, 0) is 0 Å². The number of aromatic carboxylic acids is 1. The molecule has 0 spiro atoms. The van der Waals surface area contributed by atoms with Crippen LogP contribution in [0.1, 0.15) is 23.7 Å². The maximum Gasteiger partial charge on any atom is 0.339 e. The quantitative estimate of drug-likeness (QED) is 0.852. The van der Waals surface area contributed by atoms with E-state index >= 15 is 0 Å². The zero-order valence-corrected chi connectivity index (χ0v) is 12.4. The first-order chi connectivity index (χ1) is 9.63. The van der Waals surface area contributed by atoms with Gasteiger partial charge in [-0.15, -0.1) is 0 Å². The van der Waals surface area contributed by atoms with Crippen LogP contribution in [0.15, 0.2) is 30.5 Å². The predicted molar refractivity (Wildman–Crippen MR) is 84.8 cm³/mol. The summed E-state index contributed by atoms with van der Waals surface area (Å²) in [4.78, 5) is 15.6. The molecule has 0 amide bonds. The van der Waals surface area contributed by atoms with Gasteiger partial charge in [0.25, 0.3) is 0 Å². The molecule has 1 heterocycles. The first-order valence-electron chi connectivity index (χ1n) is 6.50. The van der Waals surface area contributed by atoms with E-state index in [2.05, 4.69) is 23.5 Å². The summed E-state index contributed by atoms with van der Waals surface area (Å²) < 4.78 is 0. The first kappa shape index (κ1) is 14.7. The lowest BCUT2D eigenvalue weighted by molar-refractivity contribution is 0.0697. The van der Waals surface area contributed by atoms with Crippen LogP contribution in [0.2, 0.25) is 0 Å². The largest absolute Gasteiger partial charge is 0.478 e. The minimum Gasteiger partial charge on any atom is -0.478 e. The van der Waals surface area contributed by atoms with E-state index in [9.17, 15) is 9.90 Å². The number of pyridine rings is 1. The van der Waals surface area contributed by atoms with E-state index in [1.807, 2.05) is 24.3 Å². The molecule has 0 radical (unpaired) electrons. The number of aromatic nitrogens is 1. The van der Waals surface area contributed by atoms with Crippen molar-refractivity contribution in [3.8, 4) is 0 Å². The number of benzene rings is 1. The van der Waals surface area contributed by atoms with Crippen LogP contribution in [0.5, 0.6) is 0 Å². The number of carboxylic acid groups (broad SMARTS) is 1. The number of nitrogens with one attached hydrogen (secondary N) is 1. The number of hydrogen-bond acceptors (Lipinski definition) is 4. The van der Waals surface area contributed by atoms with Crippen LogP contribution in [-0.4, -0.2) is 34.1 Å². The Balaban J connectivity index is 2.41. The molecule has 1 aromatic heterocycles. The third-order valence-corrected chi connectivity index (χ3v) is 3.80. The van der Waals surface area contributed by atoms with Gasteiger partial charge in [-0.2, -0.15) is 11.8 Å². The normalized spacial score (nSPS) is 12.3. The SMILES string of the molecule is CSCCC(C)Nc1c(C(=O)O)cnc2ccccc12. The highest BCUT2D eigenvalue weighted by Gasteiger charge is 2.15. The molecule has 2 aromatic rings. The summed E-state index contributed by atoms with van der Waals surface area (Å²) in [5.74, 6) is 0.0855. The van der Waals surface area contributed by atoms with Crippen LogP contribution in [0.25, 0.3) is 10.9 Å². The minimum absolute atomic E-state index is 0.214. The smallest absolute Gasteiger partial charge is 0.339 e. The molecule has 0 saturated carbocycles. The highest BCUT2D eigenvalue weighted by atomic mass is 32.2. The van der Waals surface area contributed by atoms with Crippen LogP contribution in [0.3, 0.4) is 0 Å². The first-order valence-corrected chi connectivity index (χ1v) is 7.89. The van der Waals surface area contributed by atoms with Crippen molar-refractivity contribution in [2.45, 2.75) is 19.4 Å². The number of rotatable bonds is 6. The molecule has 20 heavy (non-hydrogen) atoms. The lowest BCUT2D eigenvalue weighted by atomic mass is 10.1. The van der Waals surface area contributed by atoms with Gasteiger partial charge >= 0.3 is 5.97 Å². The third kappa shape index (κ3) is 3.22. The molecular formula is C15H18N2O2S. The van der Waals surface area contributed by atoms with E-state index in [1.165, 1.54) is 6.20 Å². The maximum absolute atomic E-state index is 11.4. The molecule has 0 fully saturated rings. The summed E-state index contributed by atoms with van der Waals surface area (Å²) >= 11 is 1.79. The molecule has 1 atom stereocenters. The second-order valence-electron chi connectivity index (χ2n) is 4.70. The predicted octanol–water partition coefficient (Wildman–Crippen LogP) is 3.49. The Hall–Kier alpha value is -1.75. The fraction of sp³-hybridized carbons (Fsp3) is 0.333. The van der Waals surface area contributed by atoms with E-state index in [-0.39, 0.29) is 11.6 Å². The van der Waals surface area contributed by atoms with E-state index in [1.54, 1.807) is 11.8 Å². The van der Waals surface area contributed by atoms with Crippen LogP contribution in [0, 0.1) is 0 Å². The number of fused-ring (bicyclic) bond motifs is 1. The number of carbonyl (C=O) groups is 1. The summed E-state index contributed by atoms with van der Waals surface area (Å²) in [6.45, 7) is 2.07. The molecule has 5 heteroatoms. The van der Waals surface area contributed by atoms with Crippen LogP contribution < -0.4 is 5.32 Å². The van der Waals surface area contributed by atoms with Crippen molar-refractivity contribution in [2.24, 2.45) is 0 Å². The molecule has 0 aliphatic carbocycles. The standard InChI is InChI=1S/C15H18N2O2S/c1-10(7-8-20-2)17-14-11-5-3-4-6-13(11)16-9-12(14)15(18)19/h3-6,9-10H,7-8H2,1-2H3,(H,16,17)(H,18,19). The molecule has 2 rings (SSSR count). The van der Waals surface area contributed by atoms with Gasteiger partial charge in [0.05, 0.1) is 11.2 Å². The summed E-state index contributed by atoms with van der Waals surface area (Å²) in [7, 11) is 0. The van der Waals surface area contributed by atoms with Crippen LogP contribution >= 0.6 is 11.8 Å². The summed E-state index contributed by atoms with van der Waals surface area (Å²) in [6, 6.07) is 7.80. The van der Waals surface area contributed by atoms with Crippen molar-refractivity contribution in [3.05, 3.63) is 36.0 Å². The molecule has 1 aromatic carbocycles. The molecular weight excluding hydrogens is 272 g/mol. The Morgan fingerprint density at radius 3 is 2.90 bits per heavy atom. The van der Waals surface area contributed by atoms with Crippen molar-refractivity contribution in [2.75, 3.05) is 17.3 Å². The van der Waals surface area contributed by atoms with Crippen molar-refractivity contribution < 1.29 is 9.90 Å². The van der Waals surface area contributed by atoms with Gasteiger partial charge in [-0.3, -0.25) is 4.98 Å². The van der Waals surface area contributed by atoms with Gasteiger partial charge < -0.3 is 10.4 Å². The van der Waals surface area contributed by atoms with Gasteiger partial charge in [0.15, 0.2) is 0 Å². The Morgan fingerprint density at radius 1 is 1.45 bits per heavy atom. The molecule has 0 aliphatic heterocycles. The van der Waals surface area contributed by atoms with Crippen molar-refractivity contribution in [1.82, 2.24) is 4.98 Å². The zero-order chi connectivity index (χ0) is 14.5. The maximum atomic E-state index is 11.4. The number of carboxylic acids is 1. The van der Waals surface area contributed by atoms with Gasteiger partial charge in [0.2, 0.25) is 0 Å². The fourth-order valence-corrected chi connectivity index (χ4v) is 2.66. The Kier molecular flexibility index (Phi) is 4.84. The fourth-order valence-electron chi connectivity index (χ4n) is 2.07. The van der Waals surface area contributed by atoms with Gasteiger partial charge in [0.1, 0.15) is 5.56 Å². The minimum atomic E-state index is -0.956. The summed E-state index contributed by atoms with van der Waals surface area (Å²) in [6.07, 6.45) is 4.47. The Labute approximate surface area is 122 Å². The molecule has 0 aliphatic rings. The number of hydrogen-bond donors (Lipinski definition) is 2. The number of anilines is 1. The summed E-state index contributed by atoms with van der Waals surface area (Å²) in [5.41, 5.74) is 1.69. The van der Waals surface area contributed by atoms with E-state index in [4.69, 9.17) is 0 Å². The molecule has 1 unspecified atom stereocenters. The molecule has 106 valence electrons. The average Bonchev–Trinajstić information content (AvgIpc) is 2.45. The highest BCUT2D eigenvalue weighted by molar-refractivity contribution is 7.98. The molecule has 0 saturated heterocycles.